The Balaban J connectivity index is 2.07. The number of hydrogen-bond donors (Lipinski definition) is 1. The van der Waals surface area contributed by atoms with Crippen LogP contribution in [-0.4, -0.2) is 29.3 Å². The topological polar surface area (TPSA) is 49.4 Å². The van der Waals surface area contributed by atoms with Crippen LogP contribution in [0.5, 0.6) is 0 Å². The molecular formula is C17H24N2O2. The Bertz CT molecular complexity index is 529. The summed E-state index contributed by atoms with van der Waals surface area (Å²) in [6, 6.07) is 7.19. The molecule has 1 heterocycles. The van der Waals surface area contributed by atoms with E-state index in [1.165, 1.54) is 0 Å². The Labute approximate surface area is 126 Å². The molecule has 0 aliphatic carbocycles. The summed E-state index contributed by atoms with van der Waals surface area (Å²) in [4.78, 5) is 26.5. The van der Waals surface area contributed by atoms with E-state index in [1.54, 1.807) is 4.90 Å². The van der Waals surface area contributed by atoms with Gasteiger partial charge in [0.2, 0.25) is 0 Å². The molecule has 1 saturated heterocycles. The minimum absolute atomic E-state index is 0.138. The highest BCUT2D eigenvalue weighted by molar-refractivity contribution is 5.96. The van der Waals surface area contributed by atoms with E-state index in [2.05, 4.69) is 5.32 Å². The molecule has 2 rings (SSSR count). The van der Waals surface area contributed by atoms with Crippen molar-refractivity contribution in [2.45, 2.75) is 46.6 Å². The summed E-state index contributed by atoms with van der Waals surface area (Å²) < 4.78 is 0. The molecule has 1 atom stereocenters. The molecule has 4 nitrogen and oxygen atoms in total. The summed E-state index contributed by atoms with van der Waals surface area (Å²) in [5.74, 6) is 0.138. The fourth-order valence-corrected chi connectivity index (χ4v) is 2.61. The van der Waals surface area contributed by atoms with Gasteiger partial charge in [0.25, 0.3) is 0 Å². The number of likely N-dealkylation sites (tertiary alicyclic amines) is 1. The molecule has 0 bridgehead atoms. The maximum atomic E-state index is 12.5. The van der Waals surface area contributed by atoms with Gasteiger partial charge in [-0.2, -0.15) is 0 Å². The van der Waals surface area contributed by atoms with Gasteiger partial charge in [-0.05, 0) is 31.9 Å². The van der Waals surface area contributed by atoms with E-state index in [0.717, 1.165) is 24.1 Å². The predicted octanol–water partition coefficient (Wildman–Crippen LogP) is 3.61. The average Bonchev–Trinajstić information content (AvgIpc) is 2.88. The minimum Gasteiger partial charge on any atom is -0.314 e. The summed E-state index contributed by atoms with van der Waals surface area (Å²) >= 11 is 0. The number of Topliss-reactive ketones (excluding diaryl/α,β-unsaturated/α-hetero) is 1. The standard InChI is InChI=1S/C17H24N2O2/c1-12-7-9-13(10-8-12)18-16(21)19-11-5-6-14(19)15(20)17(2,3)4/h7-10,14H,5-6,11H2,1-4H3,(H,18,21)/t14-/m0/s1. The van der Waals surface area contributed by atoms with Crippen molar-refractivity contribution in [2.24, 2.45) is 5.41 Å². The molecule has 0 unspecified atom stereocenters. The molecule has 1 aliphatic rings. The summed E-state index contributed by atoms with van der Waals surface area (Å²) in [5, 5.41) is 2.88. The van der Waals surface area contributed by atoms with Gasteiger partial charge in [0.1, 0.15) is 0 Å². The quantitative estimate of drug-likeness (QED) is 0.903. The number of rotatable bonds is 2. The Morgan fingerprint density at radius 1 is 1.19 bits per heavy atom. The lowest BCUT2D eigenvalue weighted by Crippen LogP contribution is -2.46. The first-order valence-corrected chi connectivity index (χ1v) is 7.47. The van der Waals surface area contributed by atoms with Crippen molar-refractivity contribution in [2.75, 3.05) is 11.9 Å². The van der Waals surface area contributed by atoms with E-state index in [9.17, 15) is 9.59 Å². The molecule has 1 N–H and O–H groups in total. The number of anilines is 1. The number of carbonyl (C=O) groups excluding carboxylic acids is 2. The number of carbonyl (C=O) groups is 2. The van der Waals surface area contributed by atoms with Crippen LogP contribution in [0.25, 0.3) is 0 Å². The zero-order valence-electron chi connectivity index (χ0n) is 13.3. The number of benzene rings is 1. The number of hydrogen-bond acceptors (Lipinski definition) is 2. The van der Waals surface area contributed by atoms with Gasteiger partial charge < -0.3 is 10.2 Å². The smallest absolute Gasteiger partial charge is 0.314 e. The third-order valence-electron chi connectivity index (χ3n) is 3.86. The monoisotopic (exact) mass is 288 g/mol. The van der Waals surface area contributed by atoms with E-state index in [0.29, 0.717) is 6.54 Å². The SMILES string of the molecule is Cc1ccc(NC(=O)N2CCC[C@H]2C(=O)C(C)(C)C)cc1. The number of ketones is 1. The van der Waals surface area contributed by atoms with Crippen LogP contribution in [0.15, 0.2) is 24.3 Å². The van der Waals surface area contributed by atoms with Crippen LogP contribution in [0.2, 0.25) is 0 Å². The molecule has 1 aromatic rings. The molecule has 0 saturated carbocycles. The van der Waals surface area contributed by atoms with Gasteiger partial charge in [-0.3, -0.25) is 4.79 Å². The second kappa shape index (κ2) is 5.88. The molecule has 0 spiro atoms. The van der Waals surface area contributed by atoms with E-state index < -0.39 is 5.41 Å². The van der Waals surface area contributed by atoms with Crippen molar-refractivity contribution >= 4 is 17.5 Å². The number of aryl methyl sites for hydroxylation is 1. The molecule has 1 aliphatic heterocycles. The maximum absolute atomic E-state index is 12.5. The second-order valence-electron chi connectivity index (χ2n) is 6.76. The second-order valence-corrected chi connectivity index (χ2v) is 6.76. The lowest BCUT2D eigenvalue weighted by atomic mass is 9.85. The van der Waals surface area contributed by atoms with Gasteiger partial charge in [0.05, 0.1) is 6.04 Å². The van der Waals surface area contributed by atoms with E-state index >= 15 is 0 Å². The molecule has 0 radical (unpaired) electrons. The largest absolute Gasteiger partial charge is 0.322 e. The predicted molar refractivity (Wildman–Crippen MR) is 84.4 cm³/mol. The third-order valence-corrected chi connectivity index (χ3v) is 3.86. The minimum atomic E-state index is -0.419. The van der Waals surface area contributed by atoms with Crippen molar-refractivity contribution in [3.63, 3.8) is 0 Å². The summed E-state index contributed by atoms with van der Waals surface area (Å²) in [6.45, 7) is 8.37. The molecule has 2 amide bonds. The van der Waals surface area contributed by atoms with Crippen LogP contribution < -0.4 is 5.32 Å². The zero-order chi connectivity index (χ0) is 15.6. The first-order chi connectivity index (χ1) is 9.79. The van der Waals surface area contributed by atoms with Gasteiger partial charge in [0, 0.05) is 17.6 Å². The molecular weight excluding hydrogens is 264 g/mol. The van der Waals surface area contributed by atoms with E-state index in [4.69, 9.17) is 0 Å². The Hall–Kier alpha value is -1.84. The molecule has 21 heavy (non-hydrogen) atoms. The normalized spacial score (nSPS) is 18.7. The van der Waals surface area contributed by atoms with E-state index in [1.807, 2.05) is 52.0 Å². The first-order valence-electron chi connectivity index (χ1n) is 7.47. The van der Waals surface area contributed by atoms with Crippen molar-refractivity contribution in [1.29, 1.82) is 0 Å². The molecule has 114 valence electrons. The lowest BCUT2D eigenvalue weighted by Gasteiger charge is -2.29. The number of urea groups is 1. The van der Waals surface area contributed by atoms with Crippen LogP contribution in [0.1, 0.15) is 39.2 Å². The molecule has 1 fully saturated rings. The number of nitrogens with zero attached hydrogens (tertiary/aromatic N) is 1. The lowest BCUT2D eigenvalue weighted by molar-refractivity contribution is -0.130. The van der Waals surface area contributed by atoms with Crippen molar-refractivity contribution in [3.05, 3.63) is 29.8 Å². The Morgan fingerprint density at radius 2 is 1.81 bits per heavy atom. The van der Waals surface area contributed by atoms with Crippen molar-refractivity contribution in [1.82, 2.24) is 4.90 Å². The van der Waals surface area contributed by atoms with E-state index in [-0.39, 0.29) is 17.9 Å². The van der Waals surface area contributed by atoms with Crippen LogP contribution in [0.3, 0.4) is 0 Å². The highest BCUT2D eigenvalue weighted by atomic mass is 16.2. The molecule has 0 aromatic heterocycles. The fraction of sp³-hybridized carbons (Fsp3) is 0.529. The van der Waals surface area contributed by atoms with Gasteiger partial charge in [-0.15, -0.1) is 0 Å². The first kappa shape index (κ1) is 15.5. The van der Waals surface area contributed by atoms with Gasteiger partial charge in [-0.1, -0.05) is 38.5 Å². The van der Waals surface area contributed by atoms with Gasteiger partial charge in [0.15, 0.2) is 5.78 Å². The Kier molecular flexibility index (Phi) is 4.35. The summed E-state index contributed by atoms with van der Waals surface area (Å²) in [7, 11) is 0. The van der Waals surface area contributed by atoms with Crippen LogP contribution in [-0.2, 0) is 4.79 Å². The average molecular weight is 288 g/mol. The zero-order valence-corrected chi connectivity index (χ0v) is 13.3. The van der Waals surface area contributed by atoms with Crippen LogP contribution >= 0.6 is 0 Å². The van der Waals surface area contributed by atoms with Crippen LogP contribution in [0.4, 0.5) is 10.5 Å². The highest BCUT2D eigenvalue weighted by Gasteiger charge is 2.38. The maximum Gasteiger partial charge on any atom is 0.322 e. The van der Waals surface area contributed by atoms with Gasteiger partial charge in [-0.25, -0.2) is 4.79 Å². The molecule has 1 aromatic carbocycles. The number of amides is 2. The summed E-state index contributed by atoms with van der Waals surface area (Å²) in [5.41, 5.74) is 1.49. The third kappa shape index (κ3) is 3.63. The van der Waals surface area contributed by atoms with Crippen molar-refractivity contribution in [3.8, 4) is 0 Å². The van der Waals surface area contributed by atoms with Crippen molar-refractivity contribution < 1.29 is 9.59 Å². The molecule has 4 heteroatoms. The highest BCUT2D eigenvalue weighted by Crippen LogP contribution is 2.27. The van der Waals surface area contributed by atoms with Crippen LogP contribution in [0, 0.1) is 12.3 Å². The Morgan fingerprint density at radius 3 is 2.38 bits per heavy atom. The fourth-order valence-electron chi connectivity index (χ4n) is 2.61. The number of nitrogens with one attached hydrogen (secondary N) is 1. The van der Waals surface area contributed by atoms with Gasteiger partial charge >= 0.3 is 6.03 Å². The summed E-state index contributed by atoms with van der Waals surface area (Å²) in [6.07, 6.45) is 1.64.